The molecule has 0 radical (unpaired) electrons. The van der Waals surface area contributed by atoms with Gasteiger partial charge in [-0.3, -0.25) is 43.3 Å². The van der Waals surface area contributed by atoms with Gasteiger partial charge in [-0.15, -0.1) is 11.3 Å². The predicted octanol–water partition coefficient (Wildman–Crippen LogP) is 14.5. The molecule has 0 bridgehead atoms. The molecule has 12 aromatic rings. The number of amides is 4. The first-order valence-corrected chi connectivity index (χ1v) is 45.6. The molecule has 4 aliphatic rings. The lowest BCUT2D eigenvalue weighted by Gasteiger charge is -2.28. The largest absolute Gasteiger partial charge is 0.444 e. The summed E-state index contributed by atoms with van der Waals surface area (Å²) in [6.07, 6.45) is 11.0. The second-order valence-corrected chi connectivity index (χ2v) is 35.5. The molecule has 0 aliphatic carbocycles. The van der Waals surface area contributed by atoms with Crippen LogP contribution in [0.15, 0.2) is 190 Å². The van der Waals surface area contributed by atoms with E-state index in [-0.39, 0.29) is 111 Å². The fraction of sp³-hybridized carbons (Fsp3) is 0.434. The van der Waals surface area contributed by atoms with Gasteiger partial charge in [-0.25, -0.2) is 15.0 Å². The van der Waals surface area contributed by atoms with E-state index < -0.39 is 72.3 Å². The van der Waals surface area contributed by atoms with Crippen LogP contribution < -0.4 is 0 Å². The molecule has 690 valence electrons. The number of Topliss-reactive ketones (excluding diaryl/α,β-unsaturated/α-hetero) is 4. The molecule has 31 nitrogen and oxygen atoms in total. The second-order valence-electron chi connectivity index (χ2n) is 34.6. The first kappa shape index (κ1) is 95.9. The van der Waals surface area contributed by atoms with Crippen molar-refractivity contribution >= 4 is 58.1 Å². The van der Waals surface area contributed by atoms with Gasteiger partial charge in [0.2, 0.25) is 23.6 Å². The minimum atomic E-state index is -0.716. The number of β-amino-alcohol motifs (C(OH)–C–C–N with tert-alkyl or cyclic N) is 4. The van der Waals surface area contributed by atoms with E-state index >= 15 is 0 Å². The maximum Gasteiger partial charge on any atom is 0.234 e. The molecule has 4 amide bonds. The Labute approximate surface area is 763 Å². The average molecular weight is 1810 g/mol. The van der Waals surface area contributed by atoms with Gasteiger partial charge < -0.3 is 71.4 Å². The zero-order valence-electron chi connectivity index (χ0n) is 75.6. The number of hydrogen-bond acceptors (Lipinski definition) is 28. The van der Waals surface area contributed by atoms with Crippen LogP contribution >= 0.6 is 11.3 Å². The Morgan fingerprint density at radius 2 is 0.702 bits per heavy atom. The predicted molar refractivity (Wildman–Crippen MR) is 482 cm³/mol. The summed E-state index contributed by atoms with van der Waals surface area (Å²) in [5, 5.41) is 56.5. The number of ketones is 4. The molecule has 4 aromatic carbocycles. The minimum Gasteiger partial charge on any atom is -0.444 e. The van der Waals surface area contributed by atoms with Gasteiger partial charge in [-0.1, -0.05) is 152 Å². The third kappa shape index (κ3) is 24.0. The van der Waals surface area contributed by atoms with Crippen molar-refractivity contribution in [2.45, 2.75) is 245 Å². The highest BCUT2D eigenvalue weighted by Gasteiger charge is 2.47. The molecule has 12 atom stereocenters. The van der Waals surface area contributed by atoms with Gasteiger partial charge in [0.05, 0.1) is 117 Å². The Kier molecular flexibility index (Phi) is 32.5. The van der Waals surface area contributed by atoms with Crippen molar-refractivity contribution in [2.75, 3.05) is 26.2 Å². The number of carbonyl (C=O) groups excluding carboxylic acids is 8. The van der Waals surface area contributed by atoms with Crippen LogP contribution in [0.3, 0.4) is 0 Å². The SMILES string of the molecule is CC[C@@H](C(=O)N1C[C@H](O)C[C@H]1C(=O)CCc1ccc(-c2cnco2)cc1)c1cc(C)no1.CC[C@@H](C(=O)N1C[C@H](O)C[C@H]1C(=O)CCc1ccc(-c2cncs2)cc1)c1cc(C)no1.CC[C@@H](C(=O)N1C[C@H](O)C[C@H]1C(=O)CCc1ccc(-c2ocnc2C)cc1)c1cc(C)no1.Cc1cc([C@H](C(=O)N2C[C@H](O)C[C@H]2C(=O)CCc2ccc(-c3ocnc3C)cc2)C(C)C)on1. The molecule has 4 saturated heterocycles. The van der Waals surface area contributed by atoms with E-state index in [1.165, 1.54) is 38.8 Å². The highest BCUT2D eigenvalue weighted by atomic mass is 32.1. The summed E-state index contributed by atoms with van der Waals surface area (Å²) in [6.45, 7) is 21.2. The van der Waals surface area contributed by atoms with Crippen molar-refractivity contribution in [1.29, 1.82) is 0 Å². The molecule has 16 rings (SSSR count). The highest BCUT2D eigenvalue weighted by molar-refractivity contribution is 7.13. The average Bonchev–Trinajstić information content (AvgIpc) is 1.67. The monoisotopic (exact) mass is 1810 g/mol. The standard InChI is InChI=1S/C26H31N3O5.C25H29N3O5.C24H27N3O5.C24H27N3O4S/c1-15(2)24(23-11-16(3)28-34-23)26(32)29-13-20(30)12-21(29)22(31)10-7-18-5-8-19(9-6-18)25-17(4)27-14-33-25;1-4-20(23-11-15(2)27-33-23)25(31)28-13-19(29)12-21(28)22(30)10-7-17-5-8-18(9-6-17)24-16(3)26-14-32-24;1-3-19(22-10-15(2)26-32-22)24(30)27-13-18(28)11-20(27)21(29)9-6-16-4-7-17(8-5-16)23-12-25-14-31-23;1-3-19(22-10-15(2)26-31-22)24(30)27-13-18(28)11-20(27)21(29)9-6-16-4-7-17(8-5-16)23-12-25-14-32-23/h5-6,8-9,11,14-15,20-21,24,30H,7,10,12-13H2,1-4H3;5-6,8-9,11,14,19-21,29H,4,7,10,12-13H2,1-3H3;2*4-5,7-8,10,12,14,18-20,28H,3,6,9,11,13H2,1-2H3/t20-,21+,24-;19-,20-,21+;2*18-,19-,20+/m1111/s1. The summed E-state index contributed by atoms with van der Waals surface area (Å²) in [4.78, 5) is 129. The van der Waals surface area contributed by atoms with Crippen LogP contribution in [0, 0.1) is 47.5 Å². The highest BCUT2D eigenvalue weighted by Crippen LogP contribution is 2.37. The number of aromatic nitrogens is 8. The number of carbonyl (C=O) groups is 8. The van der Waals surface area contributed by atoms with Crippen LogP contribution in [0.5, 0.6) is 0 Å². The number of oxazole rings is 3. The third-order valence-corrected chi connectivity index (χ3v) is 25.4. The van der Waals surface area contributed by atoms with Crippen LogP contribution in [0.1, 0.15) is 208 Å². The van der Waals surface area contributed by atoms with Gasteiger partial charge >= 0.3 is 0 Å². The number of thiazole rings is 1. The van der Waals surface area contributed by atoms with Gasteiger partial charge in [-0.05, 0) is 120 Å². The first-order chi connectivity index (χ1) is 63.0. The quantitative estimate of drug-likeness (QED) is 0.0304. The molecule has 0 saturated carbocycles. The van der Waals surface area contributed by atoms with Crippen LogP contribution in [-0.2, 0) is 64.0 Å². The normalized spacial score (nSPS) is 19.2. The molecule has 8 aromatic heterocycles. The molecule has 4 fully saturated rings. The van der Waals surface area contributed by atoms with Gasteiger partial charge in [0.15, 0.2) is 59.6 Å². The van der Waals surface area contributed by atoms with Crippen molar-refractivity contribution in [2.24, 2.45) is 5.92 Å². The summed E-state index contributed by atoms with van der Waals surface area (Å²) in [6, 6.07) is 36.1. The second kappa shape index (κ2) is 44.3. The molecule has 0 spiro atoms. The summed E-state index contributed by atoms with van der Waals surface area (Å²) in [5.74, 6) is 1.08. The number of nitrogens with zero attached hydrogens (tertiary/aromatic N) is 12. The van der Waals surface area contributed by atoms with Crippen molar-refractivity contribution < 1.29 is 90.1 Å². The number of likely N-dealkylation sites (tertiary alicyclic amines) is 4. The maximum atomic E-state index is 13.5. The maximum absolute atomic E-state index is 13.5. The Hall–Kier alpha value is -12.6. The Morgan fingerprint density at radius 1 is 0.389 bits per heavy atom. The van der Waals surface area contributed by atoms with E-state index in [9.17, 15) is 58.8 Å². The van der Waals surface area contributed by atoms with E-state index in [1.807, 2.05) is 152 Å². The van der Waals surface area contributed by atoms with E-state index in [1.54, 1.807) is 75.0 Å². The van der Waals surface area contributed by atoms with Crippen molar-refractivity contribution in [3.8, 4) is 44.4 Å². The fourth-order valence-corrected chi connectivity index (χ4v) is 18.2. The minimum absolute atomic E-state index is 0.0231. The van der Waals surface area contributed by atoms with Gasteiger partial charge in [0, 0.05) is 125 Å². The number of aliphatic hydroxyl groups is 4. The van der Waals surface area contributed by atoms with E-state index in [0.717, 1.165) is 72.3 Å². The Bertz CT molecular complexity index is 5620. The van der Waals surface area contributed by atoms with Gasteiger partial charge in [0.25, 0.3) is 0 Å². The third-order valence-electron chi connectivity index (χ3n) is 24.6. The fourth-order valence-electron chi connectivity index (χ4n) is 17.6. The van der Waals surface area contributed by atoms with E-state index in [2.05, 4.69) is 40.6 Å². The topological polar surface area (TPSA) is 426 Å². The van der Waals surface area contributed by atoms with E-state index in [0.29, 0.717) is 116 Å². The van der Waals surface area contributed by atoms with Crippen molar-refractivity contribution in [1.82, 2.24) is 60.2 Å². The summed E-state index contributed by atoms with van der Waals surface area (Å²) >= 11 is 1.59. The number of aliphatic hydroxyl groups excluding tert-OH is 4. The van der Waals surface area contributed by atoms with Crippen LogP contribution in [0.2, 0.25) is 0 Å². The lowest BCUT2D eigenvalue weighted by molar-refractivity contribution is -0.140. The van der Waals surface area contributed by atoms with Crippen LogP contribution in [-0.4, -0.2) is 202 Å². The van der Waals surface area contributed by atoms with E-state index in [4.69, 9.17) is 31.3 Å². The van der Waals surface area contributed by atoms with Gasteiger partial charge in [0.1, 0.15) is 29.0 Å². The molecule has 131 heavy (non-hydrogen) atoms. The smallest absolute Gasteiger partial charge is 0.234 e. The molecule has 32 heteroatoms. The van der Waals surface area contributed by atoms with Crippen molar-refractivity contribution in [3.63, 3.8) is 0 Å². The van der Waals surface area contributed by atoms with Crippen molar-refractivity contribution in [3.05, 3.63) is 238 Å². The Balaban J connectivity index is 0.000000149. The molecular formula is C99H114N12O19S. The summed E-state index contributed by atoms with van der Waals surface area (Å²) in [5.41, 5.74) is 14.3. The lowest BCUT2D eigenvalue weighted by atomic mass is 9.91. The molecule has 12 heterocycles. The number of benzene rings is 4. The number of hydrogen-bond donors (Lipinski definition) is 4. The number of aryl methyl sites for hydroxylation is 10. The first-order valence-electron chi connectivity index (χ1n) is 44.8. The molecule has 4 aliphatic heterocycles. The summed E-state index contributed by atoms with van der Waals surface area (Å²) < 4.78 is 37.5. The molecular weight excluding hydrogens is 1690 g/mol. The number of rotatable bonds is 32. The van der Waals surface area contributed by atoms with Crippen LogP contribution in [0.4, 0.5) is 0 Å². The molecule has 4 N–H and O–H groups in total. The van der Waals surface area contributed by atoms with Crippen LogP contribution in [0.25, 0.3) is 44.4 Å². The zero-order valence-corrected chi connectivity index (χ0v) is 76.5. The molecule has 0 unspecified atom stereocenters. The summed E-state index contributed by atoms with van der Waals surface area (Å²) in [7, 11) is 0. The zero-order chi connectivity index (χ0) is 93.3. The Morgan fingerprint density at radius 3 is 0.969 bits per heavy atom. The lowest BCUT2D eigenvalue weighted by Crippen LogP contribution is -2.44. The van der Waals surface area contributed by atoms with Gasteiger partial charge in [-0.2, -0.15) is 0 Å².